The number of benzene rings is 2. The molecule has 3 nitrogen and oxygen atoms in total. The lowest BCUT2D eigenvalue weighted by molar-refractivity contribution is -0.150. The summed E-state index contributed by atoms with van der Waals surface area (Å²) in [5.41, 5.74) is 3.56. The maximum absolute atomic E-state index is 13.1. The van der Waals surface area contributed by atoms with Gasteiger partial charge in [-0.25, -0.2) is 0 Å². The molecule has 1 atom stereocenters. The van der Waals surface area contributed by atoms with Crippen molar-refractivity contribution in [3.05, 3.63) is 82.6 Å². The van der Waals surface area contributed by atoms with Crippen LogP contribution in [-0.4, -0.2) is 12.4 Å². The third-order valence-electron chi connectivity index (χ3n) is 4.89. The van der Waals surface area contributed by atoms with E-state index in [0.29, 0.717) is 11.3 Å². The zero-order valence-electron chi connectivity index (χ0n) is 15.9. The van der Waals surface area contributed by atoms with Gasteiger partial charge < -0.3 is 9.63 Å². The van der Waals surface area contributed by atoms with Crippen LogP contribution in [0.4, 0.5) is 0 Å². The van der Waals surface area contributed by atoms with Gasteiger partial charge in [0.25, 0.3) is 0 Å². The summed E-state index contributed by atoms with van der Waals surface area (Å²) >= 11 is 0. The first-order valence-electron chi connectivity index (χ1n) is 9.00. The molecule has 0 saturated heterocycles. The molecule has 0 amide bonds. The molecule has 138 valence electrons. The van der Waals surface area contributed by atoms with Gasteiger partial charge in [-0.2, -0.15) is 0 Å². The topological polar surface area (TPSA) is 49.4 Å². The summed E-state index contributed by atoms with van der Waals surface area (Å²) in [6.45, 7) is 6.12. The summed E-state index contributed by atoms with van der Waals surface area (Å²) < 4.78 is 6.05. The smallest absolute Gasteiger partial charge is 0.194 e. The molecule has 2 aromatic carbocycles. The Hall–Kier alpha value is -2.48. The van der Waals surface area contributed by atoms with Gasteiger partial charge in [-0.3, -0.25) is 4.79 Å². The first kappa shape index (κ1) is 19.3. The number of ether oxygens (including phenoxy) is 1. The van der Waals surface area contributed by atoms with Crippen LogP contribution in [0.25, 0.3) is 10.9 Å². The lowest BCUT2D eigenvalue weighted by Crippen LogP contribution is -2.09. The van der Waals surface area contributed by atoms with E-state index in [-0.39, 0.29) is 18.8 Å². The van der Waals surface area contributed by atoms with E-state index < -0.39 is 7.76 Å². The minimum Gasteiger partial charge on any atom is -0.626 e. The van der Waals surface area contributed by atoms with Gasteiger partial charge in [0.15, 0.2) is 16.8 Å². The van der Waals surface area contributed by atoms with Gasteiger partial charge in [0.05, 0.1) is 14.4 Å². The lowest BCUT2D eigenvalue weighted by Gasteiger charge is -2.17. The summed E-state index contributed by atoms with van der Waals surface area (Å²) in [5.74, 6) is 0.685. The number of rotatable bonds is 6. The van der Waals surface area contributed by atoms with Gasteiger partial charge in [0, 0.05) is 35.6 Å². The molecule has 0 saturated carbocycles. The Morgan fingerprint density at radius 3 is 2.15 bits per heavy atom. The Balaban J connectivity index is 1.89. The maximum atomic E-state index is 13.1. The van der Waals surface area contributed by atoms with Gasteiger partial charge in [0.1, 0.15) is 5.30 Å². The minimum atomic E-state index is -1.70. The van der Waals surface area contributed by atoms with E-state index in [9.17, 15) is 9.69 Å². The molecule has 0 aliphatic carbocycles. The van der Waals surface area contributed by atoms with Crippen molar-refractivity contribution in [2.24, 2.45) is 0 Å². The number of ketones is 1. The average molecular weight is 378 g/mol. The van der Waals surface area contributed by atoms with Crippen LogP contribution < -0.4 is 9.63 Å². The summed E-state index contributed by atoms with van der Waals surface area (Å²) in [6, 6.07) is 18.9. The van der Waals surface area contributed by atoms with E-state index in [2.05, 4.69) is 0 Å². The zero-order valence-corrected chi connectivity index (χ0v) is 16.8. The second-order valence-corrected chi connectivity index (χ2v) is 8.27. The molecule has 0 spiro atoms. The quantitative estimate of drug-likeness (QED) is 0.545. The molecule has 0 aliphatic heterocycles. The highest BCUT2D eigenvalue weighted by atomic mass is 31.1. The summed E-state index contributed by atoms with van der Waals surface area (Å²) in [6.07, 6.45) is 0.279. The minimum absolute atomic E-state index is 0.0405. The second-order valence-electron chi connectivity index (χ2n) is 6.56. The third kappa shape index (κ3) is 4.10. The van der Waals surface area contributed by atoms with Crippen molar-refractivity contribution in [2.45, 2.75) is 27.2 Å². The number of Topliss-reactive ketones (excluding diaryl/α,β-unsaturated/α-hetero) is 1. The van der Waals surface area contributed by atoms with Crippen LogP contribution in [-0.2, 0) is 0 Å². The van der Waals surface area contributed by atoms with Gasteiger partial charge in [-0.05, 0) is 13.8 Å². The molecule has 0 N–H and O–H groups in total. The number of hydrogen-bond donors (Lipinski definition) is 0. The molecule has 27 heavy (non-hydrogen) atoms. The monoisotopic (exact) mass is 378 g/mol. The van der Waals surface area contributed by atoms with Crippen molar-refractivity contribution < 1.29 is 14.4 Å². The van der Waals surface area contributed by atoms with Gasteiger partial charge >= 0.3 is 0 Å². The number of carbonyl (C=O) groups is 1. The maximum Gasteiger partial charge on any atom is 0.194 e. The molecular weight excluding hydrogens is 355 g/mol. The fraction of sp³-hybridized carbons (Fsp3) is 0.217. The number of hydrogen-bond acceptors (Lipinski definition) is 3. The summed E-state index contributed by atoms with van der Waals surface area (Å²) in [5, 5.41) is 1.60. The largest absolute Gasteiger partial charge is 0.626 e. The van der Waals surface area contributed by atoms with E-state index in [0.717, 1.165) is 27.3 Å². The van der Waals surface area contributed by atoms with Gasteiger partial charge in [-0.1, -0.05) is 60.7 Å². The fourth-order valence-electron chi connectivity index (χ4n) is 3.07. The van der Waals surface area contributed by atoms with Crippen molar-refractivity contribution in [3.63, 3.8) is 0 Å². The molecule has 0 bridgehead atoms. The predicted molar refractivity (Wildman–Crippen MR) is 109 cm³/mol. The van der Waals surface area contributed by atoms with E-state index in [1.54, 1.807) is 0 Å². The standard InChI is InChI=1S/C23H23O3P/c1-16-17(2)22(26-15-14-21(24)19-10-6-4-7-11-19)23(27(25)18(16)3)20-12-8-5-9-13-20/h4-13H,14-15H2,1-3H3. The average Bonchev–Trinajstić information content (AvgIpc) is 2.71. The first-order valence-corrected chi connectivity index (χ1v) is 10.3. The summed E-state index contributed by atoms with van der Waals surface area (Å²) in [7, 11) is -1.70. The lowest BCUT2D eigenvalue weighted by atomic mass is 10.1. The van der Waals surface area contributed by atoms with Crippen LogP contribution in [0.3, 0.4) is 0 Å². The molecular formula is C23H23O3P. The predicted octanol–water partition coefficient (Wildman–Crippen LogP) is 5.32. The Bertz CT molecular complexity index is 951. The first-order chi connectivity index (χ1) is 13.0. The Morgan fingerprint density at radius 1 is 0.926 bits per heavy atom. The number of carbonyl (C=O) groups excluding carboxylic acids is 1. The third-order valence-corrected chi connectivity index (χ3v) is 6.70. The van der Waals surface area contributed by atoms with Crippen molar-refractivity contribution in [1.82, 2.24) is 0 Å². The van der Waals surface area contributed by atoms with Gasteiger partial charge in [0.2, 0.25) is 0 Å². The molecule has 0 radical (unpaired) electrons. The van der Waals surface area contributed by atoms with E-state index in [1.165, 1.54) is 0 Å². The van der Waals surface area contributed by atoms with Crippen LogP contribution in [0.1, 0.15) is 33.2 Å². The van der Waals surface area contributed by atoms with E-state index >= 15 is 0 Å². The molecule has 1 heterocycles. The molecule has 1 unspecified atom stereocenters. The highest BCUT2D eigenvalue weighted by Crippen LogP contribution is 2.48. The van der Waals surface area contributed by atoms with Crippen molar-refractivity contribution in [1.29, 1.82) is 0 Å². The van der Waals surface area contributed by atoms with Crippen LogP contribution >= 0.6 is 7.76 Å². The van der Waals surface area contributed by atoms with Crippen molar-refractivity contribution >= 4 is 13.5 Å². The Kier molecular flexibility index (Phi) is 6.05. The van der Waals surface area contributed by atoms with Crippen LogP contribution in [0.2, 0.25) is 0 Å². The highest BCUT2D eigenvalue weighted by molar-refractivity contribution is 7.46. The normalized spacial score (nSPS) is 11.3. The molecule has 0 fully saturated rings. The van der Waals surface area contributed by atoms with Crippen molar-refractivity contribution in [2.75, 3.05) is 6.61 Å². The SMILES string of the molecule is Cc1c(C)c(C)[p+]([O-])c(-c2ccccc2)c1OCCC(=O)c1ccccc1. The van der Waals surface area contributed by atoms with Gasteiger partial charge in [-0.15, -0.1) is 0 Å². The van der Waals surface area contributed by atoms with Crippen LogP contribution in [0.15, 0.2) is 60.7 Å². The van der Waals surface area contributed by atoms with Crippen molar-refractivity contribution in [3.8, 4) is 16.6 Å². The van der Waals surface area contributed by atoms with Crippen LogP contribution in [0, 0.1) is 20.8 Å². The summed E-state index contributed by atoms with van der Waals surface area (Å²) in [4.78, 5) is 25.4. The van der Waals surface area contributed by atoms with E-state index in [1.807, 2.05) is 81.4 Å². The van der Waals surface area contributed by atoms with Crippen LogP contribution in [0.5, 0.6) is 5.75 Å². The molecule has 3 aromatic rings. The Labute approximate surface area is 161 Å². The molecule has 3 rings (SSSR count). The highest BCUT2D eigenvalue weighted by Gasteiger charge is 2.24. The fourth-order valence-corrected chi connectivity index (χ4v) is 4.67. The molecule has 4 heteroatoms. The second kappa shape index (κ2) is 8.47. The zero-order chi connectivity index (χ0) is 19.4. The van der Waals surface area contributed by atoms with E-state index in [4.69, 9.17) is 4.74 Å². The molecule has 0 aliphatic rings. The Morgan fingerprint density at radius 2 is 1.52 bits per heavy atom. The molecule has 1 aromatic heterocycles.